The Hall–Kier alpha value is -11.3. The second-order valence-corrected chi connectivity index (χ2v) is 32.9. The van der Waals surface area contributed by atoms with Crippen LogP contribution in [0.5, 0.6) is 5.75 Å². The maximum atomic E-state index is 12.7. The molecule has 3 aliphatic rings. The van der Waals surface area contributed by atoms with Crippen LogP contribution in [0.4, 0.5) is 31.4 Å². The molecular formula is C75H74N6O16S2Si. The van der Waals surface area contributed by atoms with Crippen LogP contribution in [0.3, 0.4) is 0 Å². The molecule has 3 atom stereocenters. The number of non-ortho nitro benzene ring substituents is 1. The average molecular weight is 1410 g/mol. The zero-order chi connectivity index (χ0) is 71.6. The van der Waals surface area contributed by atoms with Crippen molar-refractivity contribution in [1.82, 2.24) is 14.7 Å². The minimum atomic E-state index is -3.95. The highest BCUT2D eigenvalue weighted by Crippen LogP contribution is 2.37. The zero-order valence-electron chi connectivity index (χ0n) is 55.4. The summed E-state index contributed by atoms with van der Waals surface area (Å²) < 4.78 is 76.4. The lowest BCUT2D eigenvalue weighted by atomic mass is 10.1. The number of imide groups is 3. The number of anilines is 2. The number of hydrogen-bond donors (Lipinski definition) is 2. The maximum absolute atomic E-state index is 12.7. The van der Waals surface area contributed by atoms with Crippen LogP contribution in [-0.4, -0.2) is 119 Å². The molecule has 11 rings (SSSR count). The molecule has 100 heavy (non-hydrogen) atoms. The summed E-state index contributed by atoms with van der Waals surface area (Å²) in [7, 11) is -9.52. The molecule has 3 heterocycles. The highest BCUT2D eigenvalue weighted by atomic mass is 32.2. The standard InChI is InChI=1S/C25H21N3O7S.C25H22N2O5S.C25H31NO4Si/c29-24(27-22(17-35-25(27)30)16-19-4-2-1-3-5-19)15-8-18-6-9-20(10-7-18)26-36(33,34)23-13-11-21(12-14-23)28(31)32;28-24(27-22(18-32-25(27)29)17-20-7-3-1-4-8-20)16-13-19-11-14-21(15-12-19)26-33(30,31)23-9-5-2-6-10-23;1-25(2,3)31(4,5)30-22-14-11-19(12-15-22)13-16-23(27)26-21(18-29-24(26)28)17-20-9-7-6-8-10-20/h1-15,22,26H,16-17H2;1-16,22,26H,17-18H2;6-16,21H,17-18H2,1-5H3/b15-8+;2*16-13+/t2*22-;21-/m000/s1. The molecule has 0 spiro atoms. The maximum Gasteiger partial charge on any atom is 0.417 e. The molecule has 0 saturated carbocycles. The Morgan fingerprint density at radius 3 is 1.09 bits per heavy atom. The molecule has 8 aromatic rings. The Labute approximate surface area is 581 Å². The molecule has 0 radical (unpaired) electrons. The number of nitrogens with zero attached hydrogens (tertiary/aromatic N) is 4. The van der Waals surface area contributed by atoms with E-state index in [1.165, 1.54) is 53.5 Å². The highest BCUT2D eigenvalue weighted by molar-refractivity contribution is 7.93. The summed E-state index contributed by atoms with van der Waals surface area (Å²) in [6.07, 6.45) is 8.44. The number of cyclic esters (lactones) is 3. The molecule has 3 saturated heterocycles. The van der Waals surface area contributed by atoms with Gasteiger partial charge in [-0.2, -0.15) is 0 Å². The number of benzene rings is 8. The van der Waals surface area contributed by atoms with Crippen LogP contribution in [0.2, 0.25) is 18.1 Å². The summed E-state index contributed by atoms with van der Waals surface area (Å²) in [4.78, 5) is 88.1. The van der Waals surface area contributed by atoms with E-state index in [-0.39, 0.29) is 64.0 Å². The van der Waals surface area contributed by atoms with Gasteiger partial charge in [0, 0.05) is 41.7 Å². The van der Waals surface area contributed by atoms with Crippen molar-refractivity contribution >= 4 is 99.7 Å². The number of nitrogens with one attached hydrogen (secondary N) is 2. The fraction of sp³-hybridized carbons (Fsp3) is 0.200. The molecule has 22 nitrogen and oxygen atoms in total. The summed E-state index contributed by atoms with van der Waals surface area (Å²) >= 11 is 0. The normalized spacial score (nSPS) is 16.2. The number of nitro benzene ring substituents is 1. The van der Waals surface area contributed by atoms with Crippen LogP contribution >= 0.6 is 0 Å². The highest BCUT2D eigenvalue weighted by Gasteiger charge is 2.41. The second-order valence-electron chi connectivity index (χ2n) is 24.8. The molecule has 2 N–H and O–H groups in total. The minimum Gasteiger partial charge on any atom is -0.544 e. The summed E-state index contributed by atoms with van der Waals surface area (Å²) in [5.74, 6) is -0.514. The average Bonchev–Trinajstić information content (AvgIpc) is 1.77. The van der Waals surface area contributed by atoms with Gasteiger partial charge in [0.1, 0.15) is 25.6 Å². The number of nitro groups is 1. The second kappa shape index (κ2) is 32.8. The van der Waals surface area contributed by atoms with Crippen LogP contribution in [0.1, 0.15) is 54.2 Å². The van der Waals surface area contributed by atoms with Gasteiger partial charge in [-0.1, -0.05) is 166 Å². The Morgan fingerprint density at radius 2 is 0.780 bits per heavy atom. The van der Waals surface area contributed by atoms with Crippen LogP contribution < -0.4 is 13.9 Å². The van der Waals surface area contributed by atoms with E-state index in [1.54, 1.807) is 66.7 Å². The summed E-state index contributed by atoms with van der Waals surface area (Å²) in [5, 5.41) is 10.9. The number of carbonyl (C=O) groups excluding carboxylic acids is 6. The van der Waals surface area contributed by atoms with Crippen molar-refractivity contribution in [3.05, 3.63) is 280 Å². The van der Waals surface area contributed by atoms with Crippen molar-refractivity contribution in [2.24, 2.45) is 0 Å². The summed E-state index contributed by atoms with van der Waals surface area (Å²) in [6.45, 7) is 11.5. The third kappa shape index (κ3) is 19.9. The third-order valence-electron chi connectivity index (χ3n) is 16.6. The van der Waals surface area contributed by atoms with Gasteiger partial charge in [0.05, 0.1) is 32.8 Å². The van der Waals surface area contributed by atoms with Crippen molar-refractivity contribution in [3.8, 4) is 5.75 Å². The van der Waals surface area contributed by atoms with E-state index in [0.717, 1.165) is 62.1 Å². The topological polar surface area (TPSA) is 285 Å². The fourth-order valence-corrected chi connectivity index (χ4v) is 13.4. The molecule has 0 bridgehead atoms. The number of sulfonamides is 2. The van der Waals surface area contributed by atoms with E-state index in [4.69, 9.17) is 18.6 Å². The lowest BCUT2D eigenvalue weighted by Crippen LogP contribution is -2.43. The number of ether oxygens (including phenoxy) is 3. The van der Waals surface area contributed by atoms with Gasteiger partial charge in [-0.3, -0.25) is 33.9 Å². The quantitative estimate of drug-likeness (QED) is 0.0222. The predicted molar refractivity (Wildman–Crippen MR) is 382 cm³/mol. The van der Waals surface area contributed by atoms with Gasteiger partial charge in [-0.15, -0.1) is 0 Å². The van der Waals surface area contributed by atoms with Crippen LogP contribution in [-0.2, 0) is 67.9 Å². The summed E-state index contributed by atoms with van der Waals surface area (Å²) in [5.41, 5.74) is 5.65. The van der Waals surface area contributed by atoms with Crippen molar-refractivity contribution < 1.29 is 69.2 Å². The van der Waals surface area contributed by atoms with Gasteiger partial charge in [-0.25, -0.2) is 45.9 Å². The third-order valence-corrected chi connectivity index (χ3v) is 23.7. The van der Waals surface area contributed by atoms with Gasteiger partial charge in [0.15, 0.2) is 0 Å². The van der Waals surface area contributed by atoms with Crippen LogP contribution in [0.15, 0.2) is 246 Å². The van der Waals surface area contributed by atoms with E-state index in [0.29, 0.717) is 36.1 Å². The Balaban J connectivity index is 0.000000175. The van der Waals surface area contributed by atoms with Gasteiger partial charge in [-0.05, 0) is 150 Å². The number of hydrogen-bond acceptors (Lipinski definition) is 16. The molecule has 3 aliphatic heterocycles. The largest absolute Gasteiger partial charge is 0.544 e. The van der Waals surface area contributed by atoms with Gasteiger partial charge in [0.25, 0.3) is 43.5 Å². The smallest absolute Gasteiger partial charge is 0.417 e. The monoisotopic (exact) mass is 1410 g/mol. The van der Waals surface area contributed by atoms with E-state index >= 15 is 0 Å². The van der Waals surface area contributed by atoms with Crippen LogP contribution in [0.25, 0.3) is 18.2 Å². The lowest BCUT2D eigenvalue weighted by Gasteiger charge is -2.36. The molecule has 8 aromatic carbocycles. The van der Waals surface area contributed by atoms with Crippen molar-refractivity contribution in [1.29, 1.82) is 0 Å². The van der Waals surface area contributed by atoms with Gasteiger partial charge >= 0.3 is 18.3 Å². The Bertz CT molecular complexity index is 4530. The molecular weight excluding hydrogens is 1330 g/mol. The summed E-state index contributed by atoms with van der Waals surface area (Å²) in [6, 6.07) is 60.8. The van der Waals surface area contributed by atoms with E-state index in [2.05, 4.69) is 43.3 Å². The van der Waals surface area contributed by atoms with Gasteiger partial charge < -0.3 is 18.6 Å². The minimum absolute atomic E-state index is 0.120. The van der Waals surface area contributed by atoms with E-state index in [1.807, 2.05) is 115 Å². The van der Waals surface area contributed by atoms with Crippen molar-refractivity contribution in [2.45, 2.75) is 86.1 Å². The molecule has 516 valence electrons. The molecule has 6 amide bonds. The SMILES string of the molecule is CC(C)(C)[Si](C)(C)Oc1ccc(/C=C/C(=O)N2C(=O)OC[C@@H]2Cc2ccccc2)cc1.O=C(/C=C/c1ccc(NS(=O)(=O)c2ccc([N+](=O)[O-])cc2)cc1)N1C(=O)OC[C@@H]1Cc1ccccc1.O=C(/C=C/c1ccc(NS(=O)(=O)c2ccccc2)cc1)N1C(=O)OC[C@@H]1Cc1ccccc1. The van der Waals surface area contributed by atoms with Gasteiger partial charge in [0.2, 0.25) is 8.32 Å². The Morgan fingerprint density at radius 1 is 0.480 bits per heavy atom. The van der Waals surface area contributed by atoms with E-state index < -0.39 is 69.4 Å². The first-order chi connectivity index (χ1) is 47.7. The van der Waals surface area contributed by atoms with Crippen molar-refractivity contribution in [3.63, 3.8) is 0 Å². The van der Waals surface area contributed by atoms with Crippen LogP contribution in [0, 0.1) is 10.1 Å². The zero-order valence-corrected chi connectivity index (χ0v) is 58.0. The number of carbonyl (C=O) groups is 6. The van der Waals surface area contributed by atoms with E-state index in [9.17, 15) is 55.7 Å². The first-order valence-corrected chi connectivity index (χ1v) is 37.6. The Kier molecular flexibility index (Phi) is 24.0. The fourth-order valence-electron chi connectivity index (χ4n) is 10.2. The molecule has 0 aliphatic carbocycles. The number of amides is 6. The predicted octanol–water partition coefficient (Wildman–Crippen LogP) is 13.8. The first-order valence-electron chi connectivity index (χ1n) is 31.7. The first kappa shape index (κ1) is 73.0. The molecule has 3 fully saturated rings. The molecule has 25 heteroatoms. The molecule has 0 aromatic heterocycles. The lowest BCUT2D eigenvalue weighted by molar-refractivity contribution is -0.384. The molecule has 0 unspecified atom stereocenters. The van der Waals surface area contributed by atoms with Crippen molar-refractivity contribution in [2.75, 3.05) is 29.3 Å². The number of rotatable bonds is 21.